The third-order valence-electron chi connectivity index (χ3n) is 15.9. The normalized spacial score (nSPS) is 45.4. The van der Waals surface area contributed by atoms with Crippen molar-refractivity contribution in [3.63, 3.8) is 0 Å². The predicted octanol–water partition coefficient (Wildman–Crippen LogP) is 7.67. The van der Waals surface area contributed by atoms with E-state index in [2.05, 4.69) is 55.4 Å². The summed E-state index contributed by atoms with van der Waals surface area (Å²) < 4.78 is 19.5. The standard InChI is InChI=1S/C42H68O8/c1-14-24(3)33(45)48-26(5)32(49-34(46)25(4)15-2)42-29(22-36(6,7)8)41(50-35(42)47)21-17-28-38(11)19-18-30(43)37(9,10)27(38)16-20-39(28,12)40(41,13)23-31(42)44/h14-15,26-32,35,43-44,47H,16-23H2,1-13H3/b24-14-,25-15-/t26-,27?,28?,29?,30+,31-,32+,35+,38+,39-,40+,41+,42-/m1/s1. The number of aliphatic hydroxyl groups excluding tert-OH is 3. The van der Waals surface area contributed by atoms with Crippen LogP contribution in [0.3, 0.4) is 0 Å². The molecular weight excluding hydrogens is 632 g/mol. The van der Waals surface area contributed by atoms with E-state index in [9.17, 15) is 24.9 Å². The van der Waals surface area contributed by atoms with Gasteiger partial charge < -0.3 is 29.5 Å². The number of hydrogen-bond acceptors (Lipinski definition) is 8. The van der Waals surface area contributed by atoms with Crippen LogP contribution in [0, 0.1) is 50.2 Å². The third kappa shape index (κ3) is 5.34. The molecular formula is C42H68O8. The molecule has 0 radical (unpaired) electrons. The maximum absolute atomic E-state index is 13.6. The first kappa shape index (κ1) is 39.5. The van der Waals surface area contributed by atoms with Gasteiger partial charge in [-0.15, -0.1) is 0 Å². The molecule has 50 heavy (non-hydrogen) atoms. The van der Waals surface area contributed by atoms with Gasteiger partial charge in [0.25, 0.3) is 0 Å². The maximum Gasteiger partial charge on any atom is 0.333 e. The van der Waals surface area contributed by atoms with E-state index >= 15 is 0 Å². The van der Waals surface area contributed by atoms with Gasteiger partial charge in [0.05, 0.1) is 23.2 Å². The van der Waals surface area contributed by atoms with Gasteiger partial charge in [-0.05, 0) is 119 Å². The molecule has 4 saturated carbocycles. The van der Waals surface area contributed by atoms with E-state index in [0.29, 0.717) is 42.2 Å². The van der Waals surface area contributed by atoms with E-state index < -0.39 is 58.9 Å². The highest BCUT2D eigenvalue weighted by atomic mass is 16.6. The zero-order chi connectivity index (χ0) is 37.6. The van der Waals surface area contributed by atoms with Crippen LogP contribution in [0.4, 0.5) is 0 Å². The Morgan fingerprint density at radius 3 is 1.96 bits per heavy atom. The van der Waals surface area contributed by atoms with Gasteiger partial charge in [0.15, 0.2) is 12.4 Å². The predicted molar refractivity (Wildman–Crippen MR) is 194 cm³/mol. The Labute approximate surface area is 301 Å². The smallest absolute Gasteiger partial charge is 0.333 e. The lowest BCUT2D eigenvalue weighted by Crippen LogP contribution is -2.75. The molecule has 2 bridgehead atoms. The number of aliphatic hydroxyl groups is 3. The molecule has 1 saturated heterocycles. The van der Waals surface area contributed by atoms with Gasteiger partial charge in [0, 0.05) is 22.5 Å². The summed E-state index contributed by atoms with van der Waals surface area (Å²) in [5, 5.41) is 36.6. The SMILES string of the molecule is C/C=C(/C)C(=O)O[C@H](C)[C@H](OC(=O)/C(C)=C\C)[C@@]12C(CC(C)(C)C)[C@]3(CCC4[C@@]5(C)CC[C@H](O)C(C)(C)C5CC[C@@]4(C)[C@]3(C)C[C@H]1O)O[C@@H]2O. The van der Waals surface area contributed by atoms with Crippen molar-refractivity contribution in [2.24, 2.45) is 50.2 Å². The Morgan fingerprint density at radius 1 is 0.840 bits per heavy atom. The molecule has 4 aliphatic carbocycles. The highest BCUT2D eigenvalue weighted by Crippen LogP contribution is 2.80. The summed E-state index contributed by atoms with van der Waals surface area (Å²) in [4.78, 5) is 26.8. The summed E-state index contributed by atoms with van der Waals surface area (Å²) in [5.41, 5.74) is -2.69. The van der Waals surface area contributed by atoms with E-state index in [1.807, 2.05) is 0 Å². The molecule has 0 aromatic heterocycles. The van der Waals surface area contributed by atoms with Gasteiger partial charge in [0.1, 0.15) is 6.10 Å². The van der Waals surface area contributed by atoms with Crippen molar-refractivity contribution < 1.29 is 39.1 Å². The molecule has 8 heteroatoms. The molecule has 5 aliphatic rings. The van der Waals surface area contributed by atoms with Crippen LogP contribution in [0.25, 0.3) is 0 Å². The summed E-state index contributed by atoms with van der Waals surface area (Å²) in [6.07, 6.45) is 4.48. The van der Waals surface area contributed by atoms with Gasteiger partial charge in [0.2, 0.25) is 0 Å². The summed E-state index contributed by atoms with van der Waals surface area (Å²) in [7, 11) is 0. The van der Waals surface area contributed by atoms with Crippen LogP contribution >= 0.6 is 0 Å². The largest absolute Gasteiger partial charge is 0.455 e. The van der Waals surface area contributed by atoms with Crippen LogP contribution in [0.5, 0.6) is 0 Å². The van der Waals surface area contributed by atoms with Crippen LogP contribution in [-0.4, -0.2) is 63.6 Å². The monoisotopic (exact) mass is 700 g/mol. The number of hydrogen-bond donors (Lipinski definition) is 3. The molecule has 0 aromatic rings. The van der Waals surface area contributed by atoms with Crippen molar-refractivity contribution in [3.05, 3.63) is 23.3 Å². The Balaban J connectivity index is 1.69. The quantitative estimate of drug-likeness (QED) is 0.183. The zero-order valence-corrected chi connectivity index (χ0v) is 33.3. The Morgan fingerprint density at radius 2 is 1.40 bits per heavy atom. The molecule has 1 heterocycles. The van der Waals surface area contributed by atoms with Gasteiger partial charge in [-0.2, -0.15) is 0 Å². The molecule has 1 aliphatic heterocycles. The zero-order valence-electron chi connectivity index (χ0n) is 33.3. The first-order valence-electron chi connectivity index (χ1n) is 19.3. The van der Waals surface area contributed by atoms with E-state index in [1.165, 1.54) is 0 Å². The second kappa shape index (κ2) is 12.7. The second-order valence-electron chi connectivity index (χ2n) is 19.6. The number of carbonyl (C=O) groups is 2. The van der Waals surface area contributed by atoms with Crippen LogP contribution < -0.4 is 0 Å². The van der Waals surface area contributed by atoms with Crippen molar-refractivity contribution in [3.8, 4) is 0 Å². The molecule has 0 aromatic carbocycles. The second-order valence-corrected chi connectivity index (χ2v) is 19.6. The van der Waals surface area contributed by atoms with Crippen LogP contribution in [0.2, 0.25) is 0 Å². The number of allylic oxidation sites excluding steroid dienone is 2. The lowest BCUT2D eigenvalue weighted by atomic mass is 9.31. The van der Waals surface area contributed by atoms with E-state index in [0.717, 1.165) is 32.1 Å². The van der Waals surface area contributed by atoms with Gasteiger partial charge in [-0.3, -0.25) is 0 Å². The summed E-state index contributed by atoms with van der Waals surface area (Å²) in [6, 6.07) is 0. The van der Waals surface area contributed by atoms with Crippen LogP contribution in [-0.2, 0) is 23.8 Å². The van der Waals surface area contributed by atoms with Crippen molar-refractivity contribution >= 4 is 11.9 Å². The lowest BCUT2D eigenvalue weighted by molar-refractivity contribution is -0.303. The lowest BCUT2D eigenvalue weighted by Gasteiger charge is -2.74. The van der Waals surface area contributed by atoms with E-state index in [4.69, 9.17) is 14.2 Å². The Bertz CT molecular complexity index is 1410. The van der Waals surface area contributed by atoms with Gasteiger partial charge >= 0.3 is 11.9 Å². The highest BCUT2D eigenvalue weighted by molar-refractivity contribution is 5.88. The topological polar surface area (TPSA) is 123 Å². The van der Waals surface area contributed by atoms with E-state index in [1.54, 1.807) is 46.8 Å². The fourth-order valence-electron chi connectivity index (χ4n) is 12.9. The van der Waals surface area contributed by atoms with E-state index in [-0.39, 0.29) is 27.8 Å². The molecule has 1 spiro atoms. The van der Waals surface area contributed by atoms with Crippen molar-refractivity contribution in [1.82, 2.24) is 0 Å². The van der Waals surface area contributed by atoms with Crippen molar-refractivity contribution in [2.75, 3.05) is 0 Å². The van der Waals surface area contributed by atoms with Crippen molar-refractivity contribution in [1.29, 1.82) is 0 Å². The third-order valence-corrected chi connectivity index (χ3v) is 15.9. The molecule has 3 N–H and O–H groups in total. The fraction of sp³-hybridized carbons (Fsp3) is 0.857. The minimum atomic E-state index is -1.46. The molecule has 0 amide bonds. The van der Waals surface area contributed by atoms with Crippen molar-refractivity contribution in [2.45, 2.75) is 178 Å². The fourth-order valence-corrected chi connectivity index (χ4v) is 12.9. The minimum Gasteiger partial charge on any atom is -0.455 e. The minimum absolute atomic E-state index is 0.00599. The highest BCUT2D eigenvalue weighted by Gasteiger charge is 2.83. The molecule has 5 fully saturated rings. The van der Waals surface area contributed by atoms with Crippen LogP contribution in [0.1, 0.15) is 141 Å². The molecule has 284 valence electrons. The maximum atomic E-state index is 13.6. The number of carbonyl (C=O) groups excluding carboxylic acids is 2. The summed E-state index contributed by atoms with van der Waals surface area (Å²) in [5.74, 6) is -0.826. The average Bonchev–Trinajstić information content (AvgIpc) is 3.21. The molecule has 13 atom stereocenters. The Hall–Kier alpha value is -1.74. The number of esters is 2. The Kier molecular flexibility index (Phi) is 10.0. The number of ether oxygens (including phenoxy) is 3. The first-order chi connectivity index (χ1) is 22.9. The summed E-state index contributed by atoms with van der Waals surface area (Å²) in [6.45, 7) is 26.7. The van der Waals surface area contributed by atoms with Crippen LogP contribution in [0.15, 0.2) is 23.3 Å². The average molecular weight is 701 g/mol. The summed E-state index contributed by atoms with van der Waals surface area (Å²) >= 11 is 0. The van der Waals surface area contributed by atoms with Gasteiger partial charge in [-0.1, -0.05) is 67.5 Å². The van der Waals surface area contributed by atoms with Gasteiger partial charge in [-0.25, -0.2) is 9.59 Å². The molecule has 8 nitrogen and oxygen atoms in total. The number of rotatable bonds is 7. The number of fused-ring (bicyclic) bond motifs is 5. The molecule has 5 rings (SSSR count). The first-order valence-corrected chi connectivity index (χ1v) is 19.3. The molecule has 3 unspecified atom stereocenters.